The molecule has 0 bridgehead atoms. The largest absolute Gasteiger partial charge is 0.444 e. The molecule has 194 valence electrons. The van der Waals surface area contributed by atoms with Crippen molar-refractivity contribution in [1.29, 1.82) is 0 Å². The van der Waals surface area contributed by atoms with Gasteiger partial charge in [-0.15, -0.1) is 5.73 Å². The Labute approximate surface area is 214 Å². The molecule has 2 unspecified atom stereocenters. The molecule has 0 aromatic carbocycles. The highest BCUT2D eigenvalue weighted by atomic mass is 16.6. The lowest BCUT2D eigenvalue weighted by Crippen LogP contribution is -2.62. The highest BCUT2D eigenvalue weighted by Crippen LogP contribution is 2.41. The van der Waals surface area contributed by atoms with E-state index < -0.39 is 5.60 Å². The van der Waals surface area contributed by atoms with Gasteiger partial charge in [0, 0.05) is 55.5 Å². The molecule has 0 spiro atoms. The monoisotopic (exact) mass is 494 g/mol. The van der Waals surface area contributed by atoms with Crippen LogP contribution in [0.1, 0.15) is 52.8 Å². The summed E-state index contributed by atoms with van der Waals surface area (Å²) in [7, 11) is 1.64. The molecule has 1 saturated heterocycles. The minimum Gasteiger partial charge on any atom is -0.444 e. The summed E-state index contributed by atoms with van der Waals surface area (Å²) < 4.78 is 11.1. The van der Waals surface area contributed by atoms with Crippen LogP contribution in [-0.2, 0) is 19.7 Å². The molecule has 1 aliphatic carbocycles. The van der Waals surface area contributed by atoms with Crippen molar-refractivity contribution >= 4 is 23.3 Å². The molecule has 0 saturated carbocycles. The number of fused-ring (bicyclic) bond motifs is 1. The molecule has 3 heterocycles. The van der Waals surface area contributed by atoms with Gasteiger partial charge in [-0.05, 0) is 45.9 Å². The van der Waals surface area contributed by atoms with E-state index in [-0.39, 0.29) is 36.0 Å². The van der Waals surface area contributed by atoms with E-state index in [1.165, 1.54) is 0 Å². The van der Waals surface area contributed by atoms with Crippen molar-refractivity contribution < 1.29 is 19.1 Å². The normalized spacial score (nSPS) is 23.1. The minimum atomic E-state index is -0.565. The maximum atomic E-state index is 13.7. The number of amides is 2. The average molecular weight is 495 g/mol. The number of allylic oxidation sites excluding steroid dienone is 3. The molecule has 3 aliphatic rings. The molecule has 0 N–H and O–H groups in total. The van der Waals surface area contributed by atoms with E-state index in [2.05, 4.69) is 29.5 Å². The first-order valence-corrected chi connectivity index (χ1v) is 12.6. The van der Waals surface area contributed by atoms with Gasteiger partial charge < -0.3 is 19.3 Å². The maximum Gasteiger partial charge on any atom is 0.410 e. The number of ether oxygens (including phenoxy) is 2. The highest BCUT2D eigenvalue weighted by Gasteiger charge is 2.41. The SMILES string of the molecule is COCC1CN(C(=O)OC(C)(C)C)C(C)CN1CC(=O)N1CC(C)(C)c2cnc(C3=C=CC=C3)cc21. The van der Waals surface area contributed by atoms with Crippen LogP contribution in [0, 0.1) is 0 Å². The first kappa shape index (κ1) is 26.1. The molecule has 8 nitrogen and oxygen atoms in total. The second-order valence-corrected chi connectivity index (χ2v) is 11.6. The van der Waals surface area contributed by atoms with Crippen LogP contribution in [0.25, 0.3) is 5.57 Å². The molecule has 1 aromatic heterocycles. The third-order valence-electron chi connectivity index (χ3n) is 6.91. The zero-order valence-corrected chi connectivity index (χ0v) is 22.5. The van der Waals surface area contributed by atoms with Crippen molar-refractivity contribution in [2.45, 2.75) is 64.6 Å². The van der Waals surface area contributed by atoms with Crippen LogP contribution in [0.4, 0.5) is 10.5 Å². The predicted molar refractivity (Wildman–Crippen MR) is 140 cm³/mol. The second kappa shape index (κ2) is 9.85. The summed E-state index contributed by atoms with van der Waals surface area (Å²) in [5.74, 6) is 0.0319. The van der Waals surface area contributed by atoms with Crippen LogP contribution < -0.4 is 4.90 Å². The van der Waals surface area contributed by atoms with Crippen LogP contribution in [0.5, 0.6) is 0 Å². The third-order valence-corrected chi connectivity index (χ3v) is 6.91. The van der Waals surface area contributed by atoms with Gasteiger partial charge in [-0.3, -0.25) is 14.7 Å². The number of anilines is 1. The molecule has 8 heteroatoms. The summed E-state index contributed by atoms with van der Waals surface area (Å²) in [6.45, 7) is 14.1. The fourth-order valence-electron chi connectivity index (χ4n) is 5.10. The summed E-state index contributed by atoms with van der Waals surface area (Å²) in [5.41, 5.74) is 6.15. The molecule has 1 fully saturated rings. The number of pyridine rings is 1. The Balaban J connectivity index is 1.53. The molecule has 0 radical (unpaired) electrons. The lowest BCUT2D eigenvalue weighted by Gasteiger charge is -2.45. The molecule has 36 heavy (non-hydrogen) atoms. The van der Waals surface area contributed by atoms with Gasteiger partial charge in [-0.2, -0.15) is 0 Å². The van der Waals surface area contributed by atoms with Gasteiger partial charge in [-0.1, -0.05) is 19.9 Å². The zero-order chi connectivity index (χ0) is 26.3. The molecule has 2 amide bonds. The number of carbonyl (C=O) groups excluding carboxylic acids is 2. The van der Waals surface area contributed by atoms with Gasteiger partial charge in [0.2, 0.25) is 5.91 Å². The van der Waals surface area contributed by atoms with Crippen molar-refractivity contribution in [1.82, 2.24) is 14.8 Å². The predicted octanol–water partition coefficient (Wildman–Crippen LogP) is 3.77. The number of hydrogen-bond acceptors (Lipinski definition) is 6. The molecule has 1 aromatic rings. The standard InChI is InChI=1S/C28H38N4O4/c1-19-14-30(21(17-35-7)15-31(19)26(34)36-27(2,3)4)16-25(33)32-18-28(5,6)22-13-29-23(12-24(22)32)20-10-8-9-11-20/h8-10,12-13,19,21H,14-18H2,1-7H3. The molecule has 2 aliphatic heterocycles. The summed E-state index contributed by atoms with van der Waals surface area (Å²) in [5, 5.41) is 0. The van der Waals surface area contributed by atoms with E-state index >= 15 is 0 Å². The Morgan fingerprint density at radius 2 is 2.00 bits per heavy atom. The first-order chi connectivity index (χ1) is 16.9. The number of piperazine rings is 1. The zero-order valence-electron chi connectivity index (χ0n) is 22.5. The Hall–Kier alpha value is -2.93. The third kappa shape index (κ3) is 5.41. The number of nitrogens with zero attached hydrogens (tertiary/aromatic N) is 4. The van der Waals surface area contributed by atoms with Crippen LogP contribution in [-0.4, -0.2) is 84.4 Å². The number of carbonyl (C=O) groups is 2. The first-order valence-electron chi connectivity index (χ1n) is 12.6. The molecule has 2 atom stereocenters. The van der Waals surface area contributed by atoms with Crippen LogP contribution in [0.15, 0.2) is 36.2 Å². The lowest BCUT2D eigenvalue weighted by atomic mass is 9.88. The van der Waals surface area contributed by atoms with E-state index in [0.29, 0.717) is 26.2 Å². The van der Waals surface area contributed by atoms with Crippen LogP contribution >= 0.6 is 0 Å². The molecular weight excluding hydrogens is 456 g/mol. The fourth-order valence-corrected chi connectivity index (χ4v) is 5.10. The number of aromatic nitrogens is 1. The highest BCUT2D eigenvalue weighted by molar-refractivity contribution is 5.98. The fraction of sp³-hybridized carbons (Fsp3) is 0.571. The summed E-state index contributed by atoms with van der Waals surface area (Å²) >= 11 is 0. The van der Waals surface area contributed by atoms with E-state index in [4.69, 9.17) is 9.47 Å². The smallest absolute Gasteiger partial charge is 0.410 e. The summed E-state index contributed by atoms with van der Waals surface area (Å²) in [6.07, 6.45) is 7.34. The number of hydrogen-bond donors (Lipinski definition) is 0. The van der Waals surface area contributed by atoms with Gasteiger partial charge in [0.05, 0.1) is 30.6 Å². The average Bonchev–Trinajstić information content (AvgIpc) is 3.41. The molecule has 4 rings (SSSR count). The van der Waals surface area contributed by atoms with Crippen LogP contribution in [0.3, 0.4) is 0 Å². The number of methoxy groups -OCH3 is 1. The van der Waals surface area contributed by atoms with Gasteiger partial charge in [0.25, 0.3) is 0 Å². The van der Waals surface area contributed by atoms with Crippen molar-refractivity contribution in [2.75, 3.05) is 44.8 Å². The van der Waals surface area contributed by atoms with E-state index in [9.17, 15) is 9.59 Å². The number of rotatable bonds is 5. The van der Waals surface area contributed by atoms with E-state index in [1.54, 1.807) is 12.0 Å². The minimum absolute atomic E-state index is 0.0319. The Kier molecular flexibility index (Phi) is 7.15. The topological polar surface area (TPSA) is 75.2 Å². The van der Waals surface area contributed by atoms with Gasteiger partial charge in [0.15, 0.2) is 0 Å². The van der Waals surface area contributed by atoms with Crippen molar-refractivity contribution in [3.63, 3.8) is 0 Å². The van der Waals surface area contributed by atoms with E-state index in [0.717, 1.165) is 22.5 Å². The van der Waals surface area contributed by atoms with Crippen LogP contribution in [0.2, 0.25) is 0 Å². The molecular formula is C28H38N4O4. The lowest BCUT2D eigenvalue weighted by molar-refractivity contribution is -0.121. The van der Waals surface area contributed by atoms with Gasteiger partial charge in [-0.25, -0.2) is 4.79 Å². The summed E-state index contributed by atoms with van der Waals surface area (Å²) in [6, 6.07) is 1.81. The maximum absolute atomic E-state index is 13.7. The Bertz CT molecular complexity index is 1130. The van der Waals surface area contributed by atoms with Gasteiger partial charge in [0.1, 0.15) is 5.60 Å². The second-order valence-electron chi connectivity index (χ2n) is 11.6. The van der Waals surface area contributed by atoms with Crippen molar-refractivity contribution in [3.05, 3.63) is 47.5 Å². The van der Waals surface area contributed by atoms with Crippen molar-refractivity contribution in [2.24, 2.45) is 0 Å². The Morgan fingerprint density at radius 1 is 1.25 bits per heavy atom. The Morgan fingerprint density at radius 3 is 2.64 bits per heavy atom. The van der Waals surface area contributed by atoms with E-state index in [1.807, 2.05) is 63.1 Å². The van der Waals surface area contributed by atoms with Gasteiger partial charge >= 0.3 is 6.09 Å². The quantitative estimate of drug-likeness (QED) is 0.580. The van der Waals surface area contributed by atoms with Crippen molar-refractivity contribution in [3.8, 4) is 0 Å². The summed E-state index contributed by atoms with van der Waals surface area (Å²) in [4.78, 5) is 37.0.